The average molecular weight is 287 g/mol. The van der Waals surface area contributed by atoms with Crippen LogP contribution in [-0.4, -0.2) is 32.8 Å². The third-order valence-electron chi connectivity index (χ3n) is 4.26. The molecule has 1 aromatic rings. The van der Waals surface area contributed by atoms with E-state index in [1.54, 1.807) is 21.3 Å². The van der Waals surface area contributed by atoms with E-state index in [0.717, 1.165) is 30.2 Å². The van der Waals surface area contributed by atoms with Crippen molar-refractivity contribution < 1.29 is 14.2 Å². The molecule has 0 saturated heterocycles. The molecule has 21 heavy (non-hydrogen) atoms. The molecule has 4 nitrogen and oxygen atoms in total. The maximum atomic E-state index is 5.45. The number of fused-ring (bicyclic) bond motifs is 3. The van der Waals surface area contributed by atoms with Gasteiger partial charge in [0, 0.05) is 12.7 Å². The molecule has 2 heterocycles. The summed E-state index contributed by atoms with van der Waals surface area (Å²) in [7, 11) is 5.07. The lowest BCUT2D eigenvalue weighted by Crippen LogP contribution is -2.33. The molecular formula is C17H21NO3. The van der Waals surface area contributed by atoms with Gasteiger partial charge in [-0.15, -0.1) is 0 Å². The summed E-state index contributed by atoms with van der Waals surface area (Å²) < 4.78 is 16.3. The zero-order chi connectivity index (χ0) is 15.0. The van der Waals surface area contributed by atoms with Crippen LogP contribution in [-0.2, 0) is 11.2 Å². The van der Waals surface area contributed by atoms with E-state index in [4.69, 9.17) is 14.2 Å². The molecule has 0 aliphatic carbocycles. The summed E-state index contributed by atoms with van der Waals surface area (Å²) in [5.41, 5.74) is 3.78. The lowest BCUT2D eigenvalue weighted by molar-refractivity contribution is 0.244. The van der Waals surface area contributed by atoms with Gasteiger partial charge in [0.2, 0.25) is 0 Å². The molecule has 1 atom stereocenters. The number of methoxy groups -OCH3 is 3. The van der Waals surface area contributed by atoms with Gasteiger partial charge in [-0.25, -0.2) is 0 Å². The van der Waals surface area contributed by atoms with Crippen LogP contribution in [0.25, 0.3) is 0 Å². The van der Waals surface area contributed by atoms with Gasteiger partial charge in [0.15, 0.2) is 11.5 Å². The highest BCUT2D eigenvalue weighted by Crippen LogP contribution is 2.41. The molecule has 112 valence electrons. The summed E-state index contributed by atoms with van der Waals surface area (Å²) in [4.78, 5) is 2.32. The molecule has 4 heteroatoms. The molecule has 1 aromatic carbocycles. The first kappa shape index (κ1) is 13.9. The minimum absolute atomic E-state index is 0.243. The van der Waals surface area contributed by atoms with Gasteiger partial charge in [-0.3, -0.25) is 0 Å². The van der Waals surface area contributed by atoms with Crippen molar-refractivity contribution in [2.75, 3.05) is 27.9 Å². The summed E-state index contributed by atoms with van der Waals surface area (Å²) in [6.07, 6.45) is 5.36. The zero-order valence-corrected chi connectivity index (χ0v) is 13.0. The highest BCUT2D eigenvalue weighted by Gasteiger charge is 2.29. The molecule has 0 fully saturated rings. The number of nitrogens with zero attached hydrogens (tertiary/aromatic N) is 1. The van der Waals surface area contributed by atoms with E-state index in [1.165, 1.54) is 16.7 Å². The third kappa shape index (κ3) is 2.24. The number of rotatable bonds is 3. The topological polar surface area (TPSA) is 30.9 Å². The van der Waals surface area contributed by atoms with Crippen LogP contribution in [0, 0.1) is 0 Å². The van der Waals surface area contributed by atoms with E-state index in [9.17, 15) is 0 Å². The molecule has 0 saturated carbocycles. The molecule has 0 spiro atoms. The summed E-state index contributed by atoms with van der Waals surface area (Å²) in [6, 6.07) is 4.44. The van der Waals surface area contributed by atoms with Gasteiger partial charge in [0.25, 0.3) is 0 Å². The Morgan fingerprint density at radius 3 is 2.43 bits per heavy atom. The van der Waals surface area contributed by atoms with Crippen molar-refractivity contribution in [3.05, 3.63) is 46.9 Å². The average Bonchev–Trinajstić information content (AvgIpc) is 2.52. The molecule has 0 aromatic heterocycles. The van der Waals surface area contributed by atoms with Gasteiger partial charge >= 0.3 is 0 Å². The number of ether oxygens (including phenoxy) is 3. The standard InChI is InChI=1S/C17H21NO3/c1-11-7-14-13-9-16(20-3)15(19-2)8-12(13)5-6-18(14)10-17(11)21-4/h7-10,14H,5-6H2,1-4H3/t14-/m0/s1. The molecule has 0 unspecified atom stereocenters. The fourth-order valence-electron chi connectivity index (χ4n) is 3.11. The number of hydrogen-bond acceptors (Lipinski definition) is 4. The lowest BCUT2D eigenvalue weighted by atomic mass is 9.89. The summed E-state index contributed by atoms with van der Waals surface area (Å²) >= 11 is 0. The normalized spacial score (nSPS) is 20.0. The van der Waals surface area contributed by atoms with Gasteiger partial charge in [0.1, 0.15) is 5.76 Å². The van der Waals surface area contributed by atoms with Crippen molar-refractivity contribution in [3.63, 3.8) is 0 Å². The second kappa shape index (κ2) is 5.35. The number of allylic oxidation sites excluding steroid dienone is 1. The molecule has 0 radical (unpaired) electrons. The molecule has 3 rings (SSSR count). The highest BCUT2D eigenvalue weighted by molar-refractivity contribution is 5.51. The second-order valence-corrected chi connectivity index (χ2v) is 5.39. The van der Waals surface area contributed by atoms with Crippen molar-refractivity contribution in [2.45, 2.75) is 19.4 Å². The van der Waals surface area contributed by atoms with E-state index in [1.807, 2.05) is 0 Å². The van der Waals surface area contributed by atoms with Crippen LogP contribution in [0.1, 0.15) is 24.1 Å². The van der Waals surface area contributed by atoms with Crippen molar-refractivity contribution in [1.82, 2.24) is 4.90 Å². The van der Waals surface area contributed by atoms with Crippen LogP contribution in [0.3, 0.4) is 0 Å². The maximum Gasteiger partial charge on any atom is 0.161 e. The monoisotopic (exact) mass is 287 g/mol. The quantitative estimate of drug-likeness (QED) is 0.855. The second-order valence-electron chi connectivity index (χ2n) is 5.39. The van der Waals surface area contributed by atoms with Crippen LogP contribution < -0.4 is 9.47 Å². The maximum absolute atomic E-state index is 5.45. The van der Waals surface area contributed by atoms with Gasteiger partial charge < -0.3 is 19.1 Å². The van der Waals surface area contributed by atoms with Crippen molar-refractivity contribution >= 4 is 0 Å². The van der Waals surface area contributed by atoms with Crippen molar-refractivity contribution in [1.29, 1.82) is 0 Å². The molecule has 2 aliphatic rings. The van der Waals surface area contributed by atoms with Crippen LogP contribution in [0.5, 0.6) is 11.5 Å². The first-order chi connectivity index (χ1) is 10.2. The molecular weight excluding hydrogens is 266 g/mol. The van der Waals surface area contributed by atoms with Crippen molar-refractivity contribution in [2.24, 2.45) is 0 Å². The van der Waals surface area contributed by atoms with E-state index in [0.29, 0.717) is 0 Å². The SMILES string of the molecule is COC1=CN2CCc3cc(OC)c(OC)cc3[C@@H]2C=C1C. The van der Waals surface area contributed by atoms with E-state index < -0.39 is 0 Å². The summed E-state index contributed by atoms with van der Waals surface area (Å²) in [6.45, 7) is 3.06. The van der Waals surface area contributed by atoms with Gasteiger partial charge in [0.05, 0.1) is 27.4 Å². The Hall–Kier alpha value is -2.10. The smallest absolute Gasteiger partial charge is 0.161 e. The molecule has 2 aliphatic heterocycles. The lowest BCUT2D eigenvalue weighted by Gasteiger charge is -2.38. The number of hydrogen-bond donors (Lipinski definition) is 0. The first-order valence-electron chi connectivity index (χ1n) is 7.13. The van der Waals surface area contributed by atoms with Gasteiger partial charge in [-0.05, 0) is 42.2 Å². The third-order valence-corrected chi connectivity index (χ3v) is 4.26. The van der Waals surface area contributed by atoms with Crippen LogP contribution in [0.15, 0.2) is 35.7 Å². The van der Waals surface area contributed by atoms with Crippen LogP contribution in [0.4, 0.5) is 0 Å². The Kier molecular flexibility index (Phi) is 3.53. The first-order valence-corrected chi connectivity index (χ1v) is 7.13. The predicted molar refractivity (Wildman–Crippen MR) is 81.5 cm³/mol. The van der Waals surface area contributed by atoms with E-state index >= 15 is 0 Å². The molecule has 0 amide bonds. The summed E-state index contributed by atoms with van der Waals surface area (Å²) in [5.74, 6) is 2.52. The molecule has 0 N–H and O–H groups in total. The Bertz CT molecular complexity index is 619. The van der Waals surface area contributed by atoms with E-state index in [-0.39, 0.29) is 6.04 Å². The van der Waals surface area contributed by atoms with Gasteiger partial charge in [-0.2, -0.15) is 0 Å². The minimum Gasteiger partial charge on any atom is -0.495 e. The van der Waals surface area contributed by atoms with Crippen molar-refractivity contribution in [3.8, 4) is 11.5 Å². The Morgan fingerprint density at radius 2 is 1.76 bits per heavy atom. The Balaban J connectivity index is 2.06. The zero-order valence-electron chi connectivity index (χ0n) is 13.0. The summed E-state index contributed by atoms with van der Waals surface area (Å²) in [5, 5.41) is 0. The molecule has 0 bridgehead atoms. The van der Waals surface area contributed by atoms with Crippen LogP contribution in [0.2, 0.25) is 0 Å². The van der Waals surface area contributed by atoms with Gasteiger partial charge in [-0.1, -0.05) is 6.08 Å². The fraction of sp³-hybridized carbons (Fsp3) is 0.412. The van der Waals surface area contributed by atoms with E-state index in [2.05, 4.69) is 36.2 Å². The minimum atomic E-state index is 0.243. The Morgan fingerprint density at radius 1 is 1.05 bits per heavy atom. The highest BCUT2D eigenvalue weighted by atomic mass is 16.5. The number of benzene rings is 1. The van der Waals surface area contributed by atoms with Crippen LogP contribution >= 0.6 is 0 Å². The Labute approximate surface area is 125 Å². The predicted octanol–water partition coefficient (Wildman–Crippen LogP) is 3.05. The fourth-order valence-corrected chi connectivity index (χ4v) is 3.11. The largest absolute Gasteiger partial charge is 0.495 e.